The van der Waals surface area contributed by atoms with Crippen LogP contribution in [0.5, 0.6) is 11.5 Å². The highest BCUT2D eigenvalue weighted by Gasteiger charge is 2.42. The molecule has 2 aromatic heterocycles. The lowest BCUT2D eigenvalue weighted by molar-refractivity contribution is -0.132. The molecule has 0 aliphatic carbocycles. The quantitative estimate of drug-likeness (QED) is 0.188. The molecule has 1 saturated heterocycles. The van der Waals surface area contributed by atoms with Gasteiger partial charge < -0.3 is 49.6 Å². The summed E-state index contributed by atoms with van der Waals surface area (Å²) in [6, 6.07) is 5.68. The average molecular weight is 515 g/mol. The Labute approximate surface area is 198 Å². The number of aliphatic hydroxyl groups excluding tert-OH is 3. The average Bonchev–Trinajstić information content (AvgIpc) is 3.41. The topological polar surface area (TPSA) is 222 Å². The number of hydrogen-bond donors (Lipinski definition) is 7. The zero-order valence-corrected chi connectivity index (χ0v) is 19.6. The maximum absolute atomic E-state index is 10.3. The molecule has 192 valence electrons. The third-order valence-corrected chi connectivity index (χ3v) is 5.42. The lowest BCUT2D eigenvalue weighted by Crippen LogP contribution is -2.34. The molecule has 1 unspecified atom stereocenters. The fourth-order valence-corrected chi connectivity index (χ4v) is 3.55. The van der Waals surface area contributed by atoms with Crippen LogP contribution in [0, 0.1) is 0 Å². The van der Waals surface area contributed by atoms with Gasteiger partial charge in [0, 0.05) is 6.54 Å². The van der Waals surface area contributed by atoms with Crippen LogP contribution >= 0.6 is 7.82 Å². The molecule has 1 aromatic carbocycles. The van der Waals surface area contributed by atoms with Crippen LogP contribution in [0.3, 0.4) is 0 Å². The van der Waals surface area contributed by atoms with Gasteiger partial charge in [-0.2, -0.15) is 0 Å². The molecule has 15 nitrogen and oxygen atoms in total. The monoisotopic (exact) mass is 515 g/mol. The molecule has 0 amide bonds. The van der Waals surface area contributed by atoms with E-state index in [1.807, 2.05) is 18.2 Å². The van der Waals surface area contributed by atoms with Crippen molar-refractivity contribution >= 4 is 24.8 Å². The summed E-state index contributed by atoms with van der Waals surface area (Å²) in [6.45, 7) is -0.0993. The van der Waals surface area contributed by atoms with Gasteiger partial charge in [-0.05, 0) is 12.1 Å². The third-order valence-electron chi connectivity index (χ3n) is 4.93. The summed E-state index contributed by atoms with van der Waals surface area (Å²) in [7, 11) is -1.37. The molecular formula is C19H26N5O10P. The van der Waals surface area contributed by atoms with E-state index in [0.29, 0.717) is 18.0 Å². The standard InChI is InChI=1S/C14H15N5O2.C5H11O8P/c1-20-10-4-3-5-11(21-2)9(10)6-15-13-12-14(17-7-16-12)19-8-18-13;6-3-2(1-12-14(9,10)11)13-5(8)4(3)7/h3-5,7-8H,6H2,1-2H3,(H2,15,16,17,18,19);2-8H,1H2,(H2,9,10,11)/t;2-,3-,4-,5?/m.1/s1. The van der Waals surface area contributed by atoms with Crippen LogP contribution in [-0.4, -0.2) is 90.5 Å². The van der Waals surface area contributed by atoms with Crippen LogP contribution in [0.25, 0.3) is 11.2 Å². The van der Waals surface area contributed by atoms with E-state index < -0.39 is 39.0 Å². The van der Waals surface area contributed by atoms with Gasteiger partial charge in [0.2, 0.25) is 0 Å². The normalized spacial score (nSPS) is 21.9. The van der Waals surface area contributed by atoms with Crippen molar-refractivity contribution in [3.05, 3.63) is 36.4 Å². The second-order valence-electron chi connectivity index (χ2n) is 7.15. The maximum Gasteiger partial charge on any atom is 0.469 e. The largest absolute Gasteiger partial charge is 0.496 e. The molecule has 0 saturated carbocycles. The lowest BCUT2D eigenvalue weighted by Gasteiger charge is -2.14. The summed E-state index contributed by atoms with van der Waals surface area (Å²) < 4.78 is 29.6. The number of rotatable bonds is 8. The fraction of sp³-hybridized carbons (Fsp3) is 0.421. The summed E-state index contributed by atoms with van der Waals surface area (Å²) in [6.07, 6.45) is -2.60. The molecule has 0 bridgehead atoms. The van der Waals surface area contributed by atoms with Crippen molar-refractivity contribution < 1.29 is 48.4 Å². The van der Waals surface area contributed by atoms with Crippen LogP contribution in [0.2, 0.25) is 0 Å². The Morgan fingerprint density at radius 2 is 1.77 bits per heavy atom. The maximum atomic E-state index is 10.3. The number of nitrogens with zero attached hydrogens (tertiary/aromatic N) is 3. The van der Waals surface area contributed by atoms with Crippen LogP contribution in [0.1, 0.15) is 5.56 Å². The van der Waals surface area contributed by atoms with Gasteiger partial charge in [-0.1, -0.05) is 6.07 Å². The van der Waals surface area contributed by atoms with Gasteiger partial charge in [0.25, 0.3) is 0 Å². The lowest BCUT2D eigenvalue weighted by atomic mass is 10.1. The number of benzene rings is 1. The second kappa shape index (κ2) is 11.7. The molecule has 4 atom stereocenters. The Kier molecular flexibility index (Phi) is 8.93. The predicted octanol–water partition coefficient (Wildman–Crippen LogP) is -0.483. The molecule has 1 fully saturated rings. The van der Waals surface area contributed by atoms with Gasteiger partial charge in [0.1, 0.15) is 41.7 Å². The molecule has 16 heteroatoms. The molecule has 0 spiro atoms. The van der Waals surface area contributed by atoms with Crippen molar-refractivity contribution in [3.8, 4) is 11.5 Å². The fourth-order valence-electron chi connectivity index (χ4n) is 3.21. The van der Waals surface area contributed by atoms with E-state index in [0.717, 1.165) is 22.6 Å². The molecule has 3 aromatic rings. The van der Waals surface area contributed by atoms with Crippen molar-refractivity contribution in [2.24, 2.45) is 0 Å². The number of aliphatic hydroxyl groups is 3. The number of aromatic nitrogens is 4. The first-order valence-electron chi connectivity index (χ1n) is 10.1. The first-order chi connectivity index (χ1) is 16.6. The van der Waals surface area contributed by atoms with Gasteiger partial charge in [0.05, 0.1) is 32.7 Å². The highest BCUT2D eigenvalue weighted by Crippen LogP contribution is 2.37. The summed E-state index contributed by atoms with van der Waals surface area (Å²) in [5.74, 6) is 2.21. The molecule has 35 heavy (non-hydrogen) atoms. The minimum atomic E-state index is -4.64. The van der Waals surface area contributed by atoms with E-state index in [2.05, 4.69) is 34.5 Å². The van der Waals surface area contributed by atoms with Crippen molar-refractivity contribution in [1.82, 2.24) is 19.9 Å². The van der Waals surface area contributed by atoms with E-state index >= 15 is 0 Å². The first-order valence-corrected chi connectivity index (χ1v) is 11.6. The number of H-pyrrole nitrogens is 1. The number of ether oxygens (including phenoxy) is 3. The number of methoxy groups -OCH3 is 2. The predicted molar refractivity (Wildman–Crippen MR) is 119 cm³/mol. The van der Waals surface area contributed by atoms with Crippen LogP contribution in [0.4, 0.5) is 5.82 Å². The molecule has 3 heterocycles. The number of fused-ring (bicyclic) bond motifs is 1. The second-order valence-corrected chi connectivity index (χ2v) is 8.39. The summed E-state index contributed by atoms with van der Waals surface area (Å²) >= 11 is 0. The van der Waals surface area contributed by atoms with Gasteiger partial charge >= 0.3 is 7.82 Å². The van der Waals surface area contributed by atoms with Gasteiger partial charge in [-0.15, -0.1) is 0 Å². The minimum Gasteiger partial charge on any atom is -0.496 e. The molecule has 4 rings (SSSR count). The Hall–Kier alpha value is -2.88. The van der Waals surface area contributed by atoms with Crippen LogP contribution < -0.4 is 14.8 Å². The Morgan fingerprint density at radius 3 is 2.34 bits per heavy atom. The Morgan fingerprint density at radius 1 is 1.09 bits per heavy atom. The number of imidazole rings is 1. The van der Waals surface area contributed by atoms with Crippen molar-refractivity contribution in [2.45, 2.75) is 31.1 Å². The first kappa shape index (κ1) is 26.7. The van der Waals surface area contributed by atoms with Crippen molar-refractivity contribution in [1.29, 1.82) is 0 Å². The third kappa shape index (κ3) is 6.84. The van der Waals surface area contributed by atoms with Crippen LogP contribution in [0.15, 0.2) is 30.9 Å². The Bertz CT molecular complexity index is 1140. The van der Waals surface area contributed by atoms with Crippen molar-refractivity contribution in [3.63, 3.8) is 0 Å². The van der Waals surface area contributed by atoms with E-state index in [4.69, 9.17) is 34.6 Å². The number of anilines is 1. The summed E-state index contributed by atoms with van der Waals surface area (Å²) in [5, 5.41) is 30.3. The van der Waals surface area contributed by atoms with E-state index in [1.54, 1.807) is 20.5 Å². The van der Waals surface area contributed by atoms with Gasteiger partial charge in [-0.25, -0.2) is 19.5 Å². The Balaban J connectivity index is 0.000000214. The highest BCUT2D eigenvalue weighted by molar-refractivity contribution is 7.46. The number of nitrogens with one attached hydrogen (secondary N) is 2. The smallest absolute Gasteiger partial charge is 0.469 e. The SMILES string of the molecule is COc1cccc(OC)c1CNc1ncnc2nc[nH]c12.O=P(O)(O)OC[C@H]1OC(O)[C@H](O)[C@@H]1O. The zero-order valence-electron chi connectivity index (χ0n) is 18.7. The van der Waals surface area contributed by atoms with Crippen LogP contribution in [-0.2, 0) is 20.4 Å². The highest BCUT2D eigenvalue weighted by atomic mass is 31.2. The summed E-state index contributed by atoms with van der Waals surface area (Å²) in [5.41, 5.74) is 2.32. The number of aromatic amines is 1. The zero-order chi connectivity index (χ0) is 25.6. The number of phosphoric ester groups is 1. The van der Waals surface area contributed by atoms with Crippen molar-refractivity contribution in [2.75, 3.05) is 26.1 Å². The molecule has 1 aliphatic rings. The number of hydrogen-bond acceptors (Lipinski definition) is 12. The van der Waals surface area contributed by atoms with E-state index in [1.165, 1.54) is 6.33 Å². The molecule has 7 N–H and O–H groups in total. The molecule has 1 aliphatic heterocycles. The minimum absolute atomic E-state index is 0.512. The van der Waals surface area contributed by atoms with Gasteiger partial charge in [-0.3, -0.25) is 4.52 Å². The molecular weight excluding hydrogens is 489 g/mol. The number of phosphoric acid groups is 1. The summed E-state index contributed by atoms with van der Waals surface area (Å²) in [4.78, 5) is 32.1. The van der Waals surface area contributed by atoms with Gasteiger partial charge in [0.15, 0.2) is 17.8 Å². The molecule has 0 radical (unpaired) electrons. The van der Waals surface area contributed by atoms with E-state index in [-0.39, 0.29) is 0 Å². The van der Waals surface area contributed by atoms with E-state index in [9.17, 15) is 4.57 Å².